The summed E-state index contributed by atoms with van der Waals surface area (Å²) in [5.74, 6) is 0. The van der Waals surface area contributed by atoms with Crippen LogP contribution in [-0.2, 0) is 17.8 Å². The van der Waals surface area contributed by atoms with E-state index >= 15 is 0 Å². The molecule has 23 heavy (non-hydrogen) atoms. The molecule has 2 aromatic rings. The Morgan fingerprint density at radius 1 is 1.22 bits per heavy atom. The Bertz CT molecular complexity index is 647. The standard InChI is InChI=1S/C18H21ClN2O2/c1-13-9-15(7-8-17(13)19)10-16(20)11-21-18(22)23-12-14-5-3-2-4-6-14/h2-9,16H,10-12,20H2,1H3,(H,21,22). The second-order valence-corrected chi connectivity index (χ2v) is 5.90. The zero-order valence-corrected chi connectivity index (χ0v) is 13.8. The van der Waals surface area contributed by atoms with Crippen molar-refractivity contribution in [2.75, 3.05) is 6.54 Å². The lowest BCUT2D eigenvalue weighted by Crippen LogP contribution is -2.38. The third-order valence-corrected chi connectivity index (χ3v) is 3.87. The van der Waals surface area contributed by atoms with Crippen molar-refractivity contribution in [3.05, 3.63) is 70.2 Å². The molecule has 0 bridgehead atoms. The van der Waals surface area contributed by atoms with Crippen LogP contribution in [-0.4, -0.2) is 18.7 Å². The Balaban J connectivity index is 1.72. The van der Waals surface area contributed by atoms with E-state index in [1.54, 1.807) is 0 Å². The molecule has 0 saturated carbocycles. The number of hydrogen-bond acceptors (Lipinski definition) is 3. The predicted molar refractivity (Wildman–Crippen MR) is 92.5 cm³/mol. The van der Waals surface area contributed by atoms with Crippen molar-refractivity contribution >= 4 is 17.7 Å². The van der Waals surface area contributed by atoms with Crippen LogP contribution >= 0.6 is 11.6 Å². The zero-order valence-electron chi connectivity index (χ0n) is 13.1. The van der Waals surface area contributed by atoms with Crippen molar-refractivity contribution in [1.82, 2.24) is 5.32 Å². The first-order valence-electron chi connectivity index (χ1n) is 7.50. The Hall–Kier alpha value is -2.04. The normalized spacial score (nSPS) is 11.8. The van der Waals surface area contributed by atoms with Crippen molar-refractivity contribution in [2.45, 2.75) is 26.0 Å². The van der Waals surface area contributed by atoms with Gasteiger partial charge in [0.05, 0.1) is 0 Å². The number of nitrogens with one attached hydrogen (secondary N) is 1. The molecular weight excluding hydrogens is 312 g/mol. The number of halogens is 1. The minimum atomic E-state index is -0.461. The Kier molecular flexibility index (Phi) is 6.44. The van der Waals surface area contributed by atoms with Gasteiger partial charge in [-0.3, -0.25) is 0 Å². The Morgan fingerprint density at radius 3 is 2.65 bits per heavy atom. The van der Waals surface area contributed by atoms with E-state index < -0.39 is 6.09 Å². The van der Waals surface area contributed by atoms with Crippen molar-refractivity contribution < 1.29 is 9.53 Å². The number of amides is 1. The minimum absolute atomic E-state index is 0.181. The number of aryl methyl sites for hydroxylation is 1. The van der Waals surface area contributed by atoms with E-state index in [2.05, 4.69) is 5.32 Å². The number of hydrogen-bond donors (Lipinski definition) is 2. The number of carbonyl (C=O) groups is 1. The molecule has 1 atom stereocenters. The molecule has 2 rings (SSSR count). The summed E-state index contributed by atoms with van der Waals surface area (Å²) in [5, 5.41) is 3.43. The molecule has 0 radical (unpaired) electrons. The molecule has 0 aliphatic carbocycles. The molecular formula is C18H21ClN2O2. The summed E-state index contributed by atoms with van der Waals surface area (Å²) >= 11 is 6.00. The zero-order chi connectivity index (χ0) is 16.7. The first-order valence-corrected chi connectivity index (χ1v) is 7.87. The van der Waals surface area contributed by atoms with Gasteiger partial charge in [0.2, 0.25) is 0 Å². The first kappa shape index (κ1) is 17.3. The van der Waals surface area contributed by atoms with Crippen LogP contribution in [0.3, 0.4) is 0 Å². The molecule has 122 valence electrons. The molecule has 0 heterocycles. The predicted octanol–water partition coefficient (Wildman–Crippen LogP) is 3.44. The second-order valence-electron chi connectivity index (χ2n) is 5.49. The number of benzene rings is 2. The van der Waals surface area contributed by atoms with Crippen LogP contribution in [0.15, 0.2) is 48.5 Å². The average Bonchev–Trinajstić information content (AvgIpc) is 2.55. The molecule has 4 nitrogen and oxygen atoms in total. The number of carbonyl (C=O) groups excluding carboxylic acids is 1. The Labute approximate surface area is 141 Å². The molecule has 1 unspecified atom stereocenters. The van der Waals surface area contributed by atoms with Crippen molar-refractivity contribution in [1.29, 1.82) is 0 Å². The molecule has 1 amide bonds. The highest BCUT2D eigenvalue weighted by molar-refractivity contribution is 6.31. The molecule has 0 aliphatic rings. The number of nitrogens with two attached hydrogens (primary N) is 1. The Morgan fingerprint density at radius 2 is 1.96 bits per heavy atom. The third kappa shape index (κ3) is 5.93. The van der Waals surface area contributed by atoms with Gasteiger partial charge < -0.3 is 15.8 Å². The summed E-state index contributed by atoms with van der Waals surface area (Å²) in [6.45, 7) is 2.56. The van der Waals surface area contributed by atoms with E-state index in [1.165, 1.54) is 0 Å². The van der Waals surface area contributed by atoms with Crippen molar-refractivity contribution in [3.63, 3.8) is 0 Å². The van der Waals surface area contributed by atoms with E-state index in [0.717, 1.165) is 21.7 Å². The molecule has 0 aliphatic heterocycles. The maximum Gasteiger partial charge on any atom is 0.407 e. The van der Waals surface area contributed by atoms with Gasteiger partial charge in [0.25, 0.3) is 0 Å². The summed E-state index contributed by atoms with van der Waals surface area (Å²) in [4.78, 5) is 11.7. The summed E-state index contributed by atoms with van der Waals surface area (Å²) in [6, 6.07) is 15.2. The molecule has 2 aromatic carbocycles. The second kappa shape index (κ2) is 8.56. The summed E-state index contributed by atoms with van der Waals surface area (Å²) < 4.78 is 5.14. The van der Waals surface area contributed by atoms with Crippen LogP contribution in [0.4, 0.5) is 4.79 Å². The summed E-state index contributed by atoms with van der Waals surface area (Å²) in [5.41, 5.74) is 9.11. The van der Waals surface area contributed by atoms with E-state index in [1.807, 2.05) is 55.5 Å². The van der Waals surface area contributed by atoms with Gasteiger partial charge in [0.1, 0.15) is 6.61 Å². The lowest BCUT2D eigenvalue weighted by Gasteiger charge is -2.14. The topological polar surface area (TPSA) is 64.3 Å². The van der Waals surface area contributed by atoms with Crippen LogP contribution in [0.2, 0.25) is 5.02 Å². The number of rotatable bonds is 6. The highest BCUT2D eigenvalue weighted by Gasteiger charge is 2.08. The molecule has 0 saturated heterocycles. The maximum atomic E-state index is 11.7. The van der Waals surface area contributed by atoms with Crippen LogP contribution in [0.1, 0.15) is 16.7 Å². The molecule has 0 spiro atoms. The number of alkyl carbamates (subject to hydrolysis) is 1. The lowest BCUT2D eigenvalue weighted by molar-refractivity contribution is 0.139. The fraction of sp³-hybridized carbons (Fsp3) is 0.278. The van der Waals surface area contributed by atoms with Crippen LogP contribution in [0.5, 0.6) is 0 Å². The van der Waals surface area contributed by atoms with E-state index in [0.29, 0.717) is 13.0 Å². The van der Waals surface area contributed by atoms with Gasteiger partial charge in [-0.25, -0.2) is 4.79 Å². The largest absolute Gasteiger partial charge is 0.445 e. The van der Waals surface area contributed by atoms with Gasteiger partial charge >= 0.3 is 6.09 Å². The van der Waals surface area contributed by atoms with Crippen LogP contribution < -0.4 is 11.1 Å². The maximum absolute atomic E-state index is 11.7. The number of ether oxygens (including phenoxy) is 1. The van der Waals surface area contributed by atoms with Gasteiger partial charge in [-0.05, 0) is 36.1 Å². The SMILES string of the molecule is Cc1cc(CC(N)CNC(=O)OCc2ccccc2)ccc1Cl. The molecule has 0 aromatic heterocycles. The van der Waals surface area contributed by atoms with Gasteiger partial charge in [-0.2, -0.15) is 0 Å². The monoisotopic (exact) mass is 332 g/mol. The highest BCUT2D eigenvalue weighted by atomic mass is 35.5. The minimum Gasteiger partial charge on any atom is -0.445 e. The summed E-state index contributed by atoms with van der Waals surface area (Å²) in [7, 11) is 0. The summed E-state index contributed by atoms with van der Waals surface area (Å²) in [6.07, 6.45) is 0.202. The van der Waals surface area contributed by atoms with Gasteiger partial charge in [0.15, 0.2) is 0 Å². The van der Waals surface area contributed by atoms with Gasteiger partial charge in [0, 0.05) is 17.6 Å². The van der Waals surface area contributed by atoms with Gasteiger partial charge in [-0.15, -0.1) is 0 Å². The average molecular weight is 333 g/mol. The van der Waals surface area contributed by atoms with Crippen molar-refractivity contribution in [2.24, 2.45) is 5.73 Å². The van der Waals surface area contributed by atoms with Crippen LogP contribution in [0.25, 0.3) is 0 Å². The lowest BCUT2D eigenvalue weighted by atomic mass is 10.0. The van der Waals surface area contributed by atoms with E-state index in [9.17, 15) is 4.79 Å². The fourth-order valence-corrected chi connectivity index (χ4v) is 2.31. The van der Waals surface area contributed by atoms with Crippen molar-refractivity contribution in [3.8, 4) is 0 Å². The third-order valence-electron chi connectivity index (χ3n) is 3.44. The highest BCUT2D eigenvalue weighted by Crippen LogP contribution is 2.16. The van der Waals surface area contributed by atoms with Crippen LogP contribution in [0, 0.1) is 6.92 Å². The molecule has 0 fully saturated rings. The van der Waals surface area contributed by atoms with E-state index in [4.69, 9.17) is 22.1 Å². The smallest absolute Gasteiger partial charge is 0.407 e. The molecule has 3 N–H and O–H groups in total. The quantitative estimate of drug-likeness (QED) is 0.851. The molecule has 5 heteroatoms. The fourth-order valence-electron chi connectivity index (χ4n) is 2.20. The first-order chi connectivity index (χ1) is 11.0. The van der Waals surface area contributed by atoms with Gasteiger partial charge in [-0.1, -0.05) is 54.1 Å². The van der Waals surface area contributed by atoms with E-state index in [-0.39, 0.29) is 12.6 Å².